The molecule has 0 bridgehead atoms. The van der Waals surface area contributed by atoms with Crippen molar-refractivity contribution in [1.29, 1.82) is 0 Å². The first-order valence-electron chi connectivity index (χ1n) is 7.12. The van der Waals surface area contributed by atoms with Crippen LogP contribution in [0.4, 0.5) is 0 Å². The standard InChI is InChI=1S/C16H22BrNO2/c1-16(2)8-7-15(19)18(10-9-16)11-12-20-14-5-3-13(17)4-6-14/h3-6H,7-12H2,1-2H3. The fraction of sp³-hybridized carbons (Fsp3) is 0.562. The molecule has 0 N–H and O–H groups in total. The summed E-state index contributed by atoms with van der Waals surface area (Å²) in [5, 5.41) is 0. The molecule has 1 heterocycles. The van der Waals surface area contributed by atoms with Crippen LogP contribution in [-0.4, -0.2) is 30.5 Å². The number of nitrogens with zero attached hydrogens (tertiary/aromatic N) is 1. The number of amides is 1. The maximum atomic E-state index is 12.1. The van der Waals surface area contributed by atoms with Crippen LogP contribution in [-0.2, 0) is 4.79 Å². The summed E-state index contributed by atoms with van der Waals surface area (Å²) in [5.74, 6) is 1.10. The van der Waals surface area contributed by atoms with Gasteiger partial charge in [-0.2, -0.15) is 0 Å². The molecule has 0 saturated carbocycles. The highest BCUT2D eigenvalue weighted by Gasteiger charge is 2.27. The Balaban J connectivity index is 1.81. The van der Waals surface area contributed by atoms with Gasteiger partial charge in [-0.3, -0.25) is 4.79 Å². The fourth-order valence-corrected chi connectivity index (χ4v) is 2.60. The van der Waals surface area contributed by atoms with E-state index in [1.807, 2.05) is 29.2 Å². The van der Waals surface area contributed by atoms with Crippen molar-refractivity contribution in [2.45, 2.75) is 33.1 Å². The Kier molecular flexibility index (Phi) is 5.08. The maximum absolute atomic E-state index is 12.1. The third-order valence-corrected chi connectivity index (χ3v) is 4.40. The van der Waals surface area contributed by atoms with E-state index in [1.165, 1.54) is 0 Å². The van der Waals surface area contributed by atoms with Crippen LogP contribution in [0.1, 0.15) is 33.1 Å². The van der Waals surface area contributed by atoms with Crippen LogP contribution >= 0.6 is 15.9 Å². The second-order valence-corrected chi connectivity index (χ2v) is 7.01. The number of hydrogen-bond acceptors (Lipinski definition) is 2. The first-order valence-corrected chi connectivity index (χ1v) is 7.92. The van der Waals surface area contributed by atoms with Gasteiger partial charge < -0.3 is 9.64 Å². The van der Waals surface area contributed by atoms with Crippen LogP contribution < -0.4 is 4.74 Å². The van der Waals surface area contributed by atoms with Gasteiger partial charge in [-0.05, 0) is 42.5 Å². The van der Waals surface area contributed by atoms with E-state index in [4.69, 9.17) is 4.74 Å². The zero-order valence-electron chi connectivity index (χ0n) is 12.2. The predicted molar refractivity (Wildman–Crippen MR) is 83.8 cm³/mol. The number of carbonyl (C=O) groups is 1. The lowest BCUT2D eigenvalue weighted by atomic mass is 9.85. The summed E-state index contributed by atoms with van der Waals surface area (Å²) < 4.78 is 6.73. The van der Waals surface area contributed by atoms with Crippen molar-refractivity contribution in [3.8, 4) is 5.75 Å². The van der Waals surface area contributed by atoms with Crippen LogP contribution in [0, 0.1) is 5.41 Å². The lowest BCUT2D eigenvalue weighted by Crippen LogP contribution is -2.34. The number of rotatable bonds is 4. The average molecular weight is 340 g/mol. The number of likely N-dealkylation sites (tertiary alicyclic amines) is 1. The fourth-order valence-electron chi connectivity index (χ4n) is 2.33. The van der Waals surface area contributed by atoms with E-state index < -0.39 is 0 Å². The third kappa shape index (κ3) is 4.51. The summed E-state index contributed by atoms with van der Waals surface area (Å²) in [7, 11) is 0. The van der Waals surface area contributed by atoms with Crippen molar-refractivity contribution >= 4 is 21.8 Å². The molecule has 1 fully saturated rings. The molecular formula is C16H22BrNO2. The molecule has 1 saturated heterocycles. The molecule has 1 aliphatic rings. The van der Waals surface area contributed by atoms with Gasteiger partial charge in [0.15, 0.2) is 0 Å². The molecule has 2 rings (SSSR count). The Morgan fingerprint density at radius 1 is 1.25 bits per heavy atom. The Hall–Kier alpha value is -1.03. The van der Waals surface area contributed by atoms with Gasteiger partial charge in [0.05, 0.1) is 6.54 Å². The summed E-state index contributed by atoms with van der Waals surface area (Å²) in [5.41, 5.74) is 0.275. The minimum Gasteiger partial charge on any atom is -0.492 e. The molecule has 3 nitrogen and oxygen atoms in total. The summed E-state index contributed by atoms with van der Waals surface area (Å²) in [6, 6.07) is 7.76. The van der Waals surface area contributed by atoms with E-state index >= 15 is 0 Å². The molecule has 1 aromatic rings. The monoisotopic (exact) mass is 339 g/mol. The van der Waals surface area contributed by atoms with Gasteiger partial charge in [0.2, 0.25) is 5.91 Å². The van der Waals surface area contributed by atoms with Crippen LogP contribution in [0.15, 0.2) is 28.7 Å². The van der Waals surface area contributed by atoms with Gasteiger partial charge in [-0.1, -0.05) is 29.8 Å². The van der Waals surface area contributed by atoms with Crippen LogP contribution in [0.5, 0.6) is 5.75 Å². The Labute approximate surface area is 129 Å². The normalized spacial score (nSPS) is 18.8. The molecule has 20 heavy (non-hydrogen) atoms. The van der Waals surface area contributed by atoms with Crippen molar-refractivity contribution in [3.63, 3.8) is 0 Å². The zero-order valence-corrected chi connectivity index (χ0v) is 13.8. The number of halogens is 1. The lowest BCUT2D eigenvalue weighted by molar-refractivity contribution is -0.131. The molecule has 0 unspecified atom stereocenters. The topological polar surface area (TPSA) is 29.5 Å². The minimum absolute atomic E-state index is 0.259. The molecule has 0 atom stereocenters. The SMILES string of the molecule is CC1(C)CCC(=O)N(CCOc2ccc(Br)cc2)CC1. The van der Waals surface area contributed by atoms with Gasteiger partial charge in [0, 0.05) is 17.4 Å². The number of benzene rings is 1. The highest BCUT2D eigenvalue weighted by molar-refractivity contribution is 9.10. The van der Waals surface area contributed by atoms with Crippen LogP contribution in [0.3, 0.4) is 0 Å². The van der Waals surface area contributed by atoms with Crippen molar-refractivity contribution in [3.05, 3.63) is 28.7 Å². The maximum Gasteiger partial charge on any atom is 0.222 e. The van der Waals surface area contributed by atoms with E-state index in [2.05, 4.69) is 29.8 Å². The van der Waals surface area contributed by atoms with Crippen LogP contribution in [0.2, 0.25) is 0 Å². The van der Waals surface area contributed by atoms with E-state index in [-0.39, 0.29) is 11.3 Å². The molecule has 1 amide bonds. The molecule has 1 aromatic carbocycles. The molecule has 1 aliphatic heterocycles. The summed E-state index contributed by atoms with van der Waals surface area (Å²) in [6.07, 6.45) is 2.71. The number of ether oxygens (including phenoxy) is 1. The van der Waals surface area contributed by atoms with E-state index in [0.717, 1.165) is 29.6 Å². The molecule has 110 valence electrons. The highest BCUT2D eigenvalue weighted by atomic mass is 79.9. The van der Waals surface area contributed by atoms with Crippen molar-refractivity contribution < 1.29 is 9.53 Å². The molecular weight excluding hydrogens is 318 g/mol. The quantitative estimate of drug-likeness (QED) is 0.833. The van der Waals surface area contributed by atoms with E-state index in [9.17, 15) is 4.79 Å². The predicted octanol–water partition coefficient (Wildman–Crippen LogP) is 3.87. The second kappa shape index (κ2) is 6.61. The van der Waals surface area contributed by atoms with Gasteiger partial charge in [0.1, 0.15) is 12.4 Å². The van der Waals surface area contributed by atoms with Crippen molar-refractivity contribution in [2.24, 2.45) is 5.41 Å². The second-order valence-electron chi connectivity index (χ2n) is 6.10. The van der Waals surface area contributed by atoms with E-state index in [1.54, 1.807) is 0 Å². The van der Waals surface area contributed by atoms with Gasteiger partial charge in [-0.15, -0.1) is 0 Å². The van der Waals surface area contributed by atoms with Crippen molar-refractivity contribution in [2.75, 3.05) is 19.7 Å². The first kappa shape index (κ1) is 15.4. The first-order chi connectivity index (χ1) is 9.46. The largest absolute Gasteiger partial charge is 0.492 e. The van der Waals surface area contributed by atoms with Gasteiger partial charge in [-0.25, -0.2) is 0 Å². The summed E-state index contributed by atoms with van der Waals surface area (Å²) in [4.78, 5) is 14.0. The molecule has 4 heteroatoms. The summed E-state index contributed by atoms with van der Waals surface area (Å²) >= 11 is 3.39. The summed E-state index contributed by atoms with van der Waals surface area (Å²) in [6.45, 7) is 6.54. The molecule has 0 radical (unpaired) electrons. The van der Waals surface area contributed by atoms with Crippen molar-refractivity contribution in [1.82, 2.24) is 4.90 Å². The Morgan fingerprint density at radius 3 is 2.65 bits per heavy atom. The smallest absolute Gasteiger partial charge is 0.222 e. The number of hydrogen-bond donors (Lipinski definition) is 0. The zero-order chi connectivity index (χ0) is 14.6. The van der Waals surface area contributed by atoms with Gasteiger partial charge >= 0.3 is 0 Å². The highest BCUT2D eigenvalue weighted by Crippen LogP contribution is 2.30. The molecule has 0 aliphatic carbocycles. The third-order valence-electron chi connectivity index (χ3n) is 3.87. The minimum atomic E-state index is 0.259. The lowest BCUT2D eigenvalue weighted by Gasteiger charge is -2.23. The molecule has 0 spiro atoms. The average Bonchev–Trinajstić information content (AvgIpc) is 2.54. The van der Waals surface area contributed by atoms with E-state index in [0.29, 0.717) is 19.6 Å². The molecule has 0 aromatic heterocycles. The van der Waals surface area contributed by atoms with Gasteiger partial charge in [0.25, 0.3) is 0 Å². The Bertz CT molecular complexity index is 456. The number of carbonyl (C=O) groups excluding carboxylic acids is 1. The Morgan fingerprint density at radius 2 is 1.95 bits per heavy atom. The van der Waals surface area contributed by atoms with Crippen LogP contribution in [0.25, 0.3) is 0 Å².